The van der Waals surface area contributed by atoms with Crippen molar-refractivity contribution in [2.24, 2.45) is 0 Å². The Labute approximate surface area is 171 Å². The number of hydrogen-bond acceptors (Lipinski definition) is 7. The Morgan fingerprint density at radius 1 is 1.17 bits per heavy atom. The average Bonchev–Trinajstić information content (AvgIpc) is 3.24. The van der Waals surface area contributed by atoms with Crippen molar-refractivity contribution >= 4 is 28.5 Å². The van der Waals surface area contributed by atoms with Crippen molar-refractivity contribution in [3.8, 4) is 10.6 Å². The van der Waals surface area contributed by atoms with Crippen LogP contribution >= 0.6 is 11.3 Å². The van der Waals surface area contributed by atoms with Crippen molar-refractivity contribution in [1.82, 2.24) is 20.5 Å². The van der Waals surface area contributed by atoms with Gasteiger partial charge in [-0.05, 0) is 17.7 Å². The number of hydrogen-bond donors (Lipinski definition) is 1. The Morgan fingerprint density at radius 2 is 2.00 bits per heavy atom. The first-order valence-electron chi connectivity index (χ1n) is 8.80. The smallest absolute Gasteiger partial charge is 0.407 e. The number of carbonyl (C=O) groups excluding carboxylic acids is 2. The quantitative estimate of drug-likeness (QED) is 0.612. The van der Waals surface area contributed by atoms with Crippen LogP contribution in [0.15, 0.2) is 67.6 Å². The molecule has 0 fully saturated rings. The third-order valence-corrected chi connectivity index (χ3v) is 4.77. The zero-order valence-electron chi connectivity index (χ0n) is 15.5. The lowest BCUT2D eigenvalue weighted by atomic mass is 10.2. The zero-order valence-corrected chi connectivity index (χ0v) is 16.3. The van der Waals surface area contributed by atoms with E-state index in [1.165, 1.54) is 22.4 Å². The highest BCUT2D eigenvalue weighted by molar-refractivity contribution is 7.18. The van der Waals surface area contributed by atoms with E-state index < -0.39 is 6.09 Å². The largest absolute Gasteiger partial charge is 0.445 e. The second-order valence-corrected chi connectivity index (χ2v) is 6.77. The lowest BCUT2D eigenvalue weighted by Crippen LogP contribution is -2.31. The van der Waals surface area contributed by atoms with Crippen LogP contribution in [-0.4, -0.2) is 33.7 Å². The number of amides is 2. The molecular weight excluding hydrogens is 390 g/mol. The fourth-order valence-corrected chi connectivity index (χ4v) is 3.22. The second kappa shape index (κ2) is 10.1. The molecule has 148 valence electrons. The maximum absolute atomic E-state index is 12.5. The van der Waals surface area contributed by atoms with Gasteiger partial charge in [0.1, 0.15) is 6.61 Å². The monoisotopic (exact) mass is 409 g/mol. The first-order valence-corrected chi connectivity index (χ1v) is 9.62. The fraction of sp³-hybridized carbons (Fsp3) is 0.150. The summed E-state index contributed by atoms with van der Waals surface area (Å²) in [4.78, 5) is 29.6. The van der Waals surface area contributed by atoms with Gasteiger partial charge in [-0.15, -0.1) is 10.2 Å². The van der Waals surface area contributed by atoms with E-state index in [0.717, 1.165) is 11.1 Å². The molecule has 3 rings (SSSR count). The average molecular weight is 409 g/mol. The van der Waals surface area contributed by atoms with E-state index in [-0.39, 0.29) is 25.5 Å². The normalized spacial score (nSPS) is 10.2. The first-order chi connectivity index (χ1) is 14.2. The molecule has 3 aromatic rings. The van der Waals surface area contributed by atoms with Gasteiger partial charge in [-0.2, -0.15) is 0 Å². The van der Waals surface area contributed by atoms with Crippen LogP contribution in [0.5, 0.6) is 0 Å². The number of aromatic nitrogens is 3. The number of ether oxygens (including phenoxy) is 1. The van der Waals surface area contributed by atoms with Crippen molar-refractivity contribution in [3.05, 3.63) is 73.2 Å². The number of nitrogens with zero attached hydrogens (tertiary/aromatic N) is 4. The van der Waals surface area contributed by atoms with Crippen LogP contribution in [0.2, 0.25) is 0 Å². The molecule has 0 saturated heterocycles. The molecule has 0 aliphatic carbocycles. The molecule has 2 amide bonds. The third kappa shape index (κ3) is 5.69. The minimum Gasteiger partial charge on any atom is -0.445 e. The molecule has 0 aliphatic heterocycles. The molecule has 0 saturated carbocycles. The van der Waals surface area contributed by atoms with E-state index >= 15 is 0 Å². The molecule has 0 spiro atoms. The van der Waals surface area contributed by atoms with Gasteiger partial charge in [0.15, 0.2) is 5.01 Å². The summed E-state index contributed by atoms with van der Waals surface area (Å²) < 4.78 is 5.11. The van der Waals surface area contributed by atoms with Crippen LogP contribution in [0.4, 0.5) is 9.93 Å². The number of carbonyl (C=O) groups is 2. The highest BCUT2D eigenvalue weighted by Gasteiger charge is 2.18. The topological polar surface area (TPSA) is 97.3 Å². The van der Waals surface area contributed by atoms with Crippen LogP contribution in [0.3, 0.4) is 0 Å². The Bertz CT molecular complexity index is 963. The van der Waals surface area contributed by atoms with E-state index in [1.807, 2.05) is 36.4 Å². The van der Waals surface area contributed by atoms with E-state index in [1.54, 1.807) is 18.5 Å². The van der Waals surface area contributed by atoms with E-state index in [9.17, 15) is 9.59 Å². The van der Waals surface area contributed by atoms with Gasteiger partial charge in [0.2, 0.25) is 11.0 Å². The summed E-state index contributed by atoms with van der Waals surface area (Å²) in [5.74, 6) is -0.266. The van der Waals surface area contributed by atoms with Gasteiger partial charge in [0, 0.05) is 37.1 Å². The molecule has 1 aromatic carbocycles. The highest BCUT2D eigenvalue weighted by Crippen LogP contribution is 2.28. The van der Waals surface area contributed by atoms with Gasteiger partial charge >= 0.3 is 6.09 Å². The first kappa shape index (κ1) is 20.2. The fourth-order valence-electron chi connectivity index (χ4n) is 2.37. The summed E-state index contributed by atoms with van der Waals surface area (Å²) in [6.45, 7) is 3.96. The van der Waals surface area contributed by atoms with Crippen LogP contribution in [0.1, 0.15) is 12.0 Å². The van der Waals surface area contributed by atoms with Gasteiger partial charge in [0.25, 0.3) is 0 Å². The molecule has 2 aromatic heterocycles. The number of benzene rings is 1. The minimum atomic E-state index is -0.582. The van der Waals surface area contributed by atoms with Crippen molar-refractivity contribution in [2.45, 2.75) is 13.0 Å². The second-order valence-electron chi connectivity index (χ2n) is 5.82. The molecule has 0 unspecified atom stereocenters. The molecule has 0 atom stereocenters. The molecule has 29 heavy (non-hydrogen) atoms. The van der Waals surface area contributed by atoms with Crippen LogP contribution < -0.4 is 10.2 Å². The maximum atomic E-state index is 12.5. The number of anilines is 1. The Hall–Kier alpha value is -3.59. The van der Waals surface area contributed by atoms with Gasteiger partial charge < -0.3 is 10.1 Å². The molecule has 0 radical (unpaired) electrons. The van der Waals surface area contributed by atoms with Gasteiger partial charge in [0.05, 0.1) is 0 Å². The predicted molar refractivity (Wildman–Crippen MR) is 110 cm³/mol. The summed E-state index contributed by atoms with van der Waals surface area (Å²) in [5, 5.41) is 11.8. The lowest BCUT2D eigenvalue weighted by Gasteiger charge is -2.14. The summed E-state index contributed by atoms with van der Waals surface area (Å²) >= 11 is 1.25. The zero-order chi connectivity index (χ0) is 20.5. The Kier molecular flexibility index (Phi) is 7.01. The Balaban J connectivity index is 1.48. The molecule has 2 heterocycles. The molecule has 0 bridgehead atoms. The summed E-state index contributed by atoms with van der Waals surface area (Å²) in [7, 11) is 0. The standard InChI is InChI=1S/C20H19N5O3S/c1-2-25(19-24-23-18(29-19)16-9-6-11-21-13-16)17(26)10-12-22-20(27)28-14-15-7-4-3-5-8-15/h2-9,11,13H,1,10,12,14H2,(H,22,27). The van der Waals surface area contributed by atoms with Crippen molar-refractivity contribution in [1.29, 1.82) is 0 Å². The SMILES string of the molecule is C=CN(C(=O)CCNC(=O)OCc1ccccc1)c1nnc(-c2cccnc2)s1. The van der Waals surface area contributed by atoms with Gasteiger partial charge in [-0.1, -0.05) is 48.2 Å². The van der Waals surface area contributed by atoms with Crippen molar-refractivity contribution in [2.75, 3.05) is 11.4 Å². The highest BCUT2D eigenvalue weighted by atomic mass is 32.1. The minimum absolute atomic E-state index is 0.0638. The van der Waals surface area contributed by atoms with Gasteiger partial charge in [-0.25, -0.2) is 4.79 Å². The maximum Gasteiger partial charge on any atom is 0.407 e. The van der Waals surface area contributed by atoms with E-state index in [0.29, 0.717) is 10.1 Å². The number of rotatable bonds is 8. The number of pyridine rings is 1. The van der Waals surface area contributed by atoms with E-state index in [4.69, 9.17) is 4.74 Å². The summed E-state index contributed by atoms with van der Waals surface area (Å²) in [6, 6.07) is 13.0. The lowest BCUT2D eigenvalue weighted by molar-refractivity contribution is -0.117. The number of alkyl carbamates (subject to hydrolysis) is 1. The Morgan fingerprint density at radius 3 is 2.72 bits per heavy atom. The molecule has 9 heteroatoms. The van der Waals surface area contributed by atoms with Crippen LogP contribution in [0, 0.1) is 0 Å². The molecular formula is C20H19N5O3S. The van der Waals surface area contributed by atoms with Crippen molar-refractivity contribution < 1.29 is 14.3 Å². The van der Waals surface area contributed by atoms with Crippen molar-refractivity contribution in [3.63, 3.8) is 0 Å². The number of nitrogens with one attached hydrogen (secondary N) is 1. The van der Waals surface area contributed by atoms with Crippen LogP contribution in [-0.2, 0) is 16.1 Å². The third-order valence-electron chi connectivity index (χ3n) is 3.80. The molecule has 1 N–H and O–H groups in total. The van der Waals surface area contributed by atoms with Gasteiger partial charge in [-0.3, -0.25) is 14.7 Å². The predicted octanol–water partition coefficient (Wildman–Crippen LogP) is 3.39. The molecule has 0 aliphatic rings. The van der Waals surface area contributed by atoms with E-state index in [2.05, 4.69) is 27.1 Å². The molecule has 8 nitrogen and oxygen atoms in total. The summed E-state index contributed by atoms with van der Waals surface area (Å²) in [6.07, 6.45) is 4.21. The summed E-state index contributed by atoms with van der Waals surface area (Å²) in [5.41, 5.74) is 1.70. The van der Waals surface area contributed by atoms with Crippen LogP contribution in [0.25, 0.3) is 10.6 Å².